The van der Waals surface area contributed by atoms with E-state index in [1.54, 1.807) is 60.7 Å². The van der Waals surface area contributed by atoms with Gasteiger partial charge < -0.3 is 10.5 Å². The van der Waals surface area contributed by atoms with Crippen molar-refractivity contribution in [2.45, 2.75) is 18.3 Å². The second-order valence-corrected chi connectivity index (χ2v) is 6.48. The van der Waals surface area contributed by atoms with Crippen LogP contribution in [-0.2, 0) is 4.74 Å². The fourth-order valence-corrected chi connectivity index (χ4v) is 3.69. The lowest BCUT2D eigenvalue weighted by molar-refractivity contribution is -0.0658. The van der Waals surface area contributed by atoms with Crippen molar-refractivity contribution in [2.24, 2.45) is 16.8 Å². The van der Waals surface area contributed by atoms with E-state index >= 15 is 0 Å². The minimum absolute atomic E-state index is 0.0284. The summed E-state index contributed by atoms with van der Waals surface area (Å²) in [5.41, 5.74) is 5.92. The molecule has 4 rings (SSSR count). The Kier molecular flexibility index (Phi) is 4.23. The molecule has 0 amide bonds. The molecule has 2 N–H and O–H groups in total. The monoisotopic (exact) mass is 384 g/mol. The van der Waals surface area contributed by atoms with Gasteiger partial charge in [-0.15, -0.1) is 0 Å². The third-order valence-electron chi connectivity index (χ3n) is 4.85. The van der Waals surface area contributed by atoms with Gasteiger partial charge in [-0.25, -0.2) is 5.01 Å². The summed E-state index contributed by atoms with van der Waals surface area (Å²) in [6, 6.07) is 18.9. The molecule has 2 aliphatic heterocycles. The predicted octanol–water partition coefficient (Wildman–Crippen LogP) is 3.88. The molecule has 5 nitrogen and oxygen atoms in total. The lowest BCUT2D eigenvalue weighted by Gasteiger charge is -2.37. The highest BCUT2D eigenvalue weighted by molar-refractivity contribution is 5.96. The predicted molar refractivity (Wildman–Crippen MR) is 96.8 cm³/mol. The van der Waals surface area contributed by atoms with Gasteiger partial charge in [-0.1, -0.05) is 48.5 Å². The summed E-state index contributed by atoms with van der Waals surface area (Å²) in [6.07, 6.45) is -5.79. The minimum atomic E-state index is -4.69. The molecule has 0 fully saturated rings. The molecular weight excluding hydrogens is 369 g/mol. The van der Waals surface area contributed by atoms with E-state index in [9.17, 15) is 18.4 Å². The molecule has 0 saturated carbocycles. The average molecular weight is 384 g/mol. The first kappa shape index (κ1) is 17.9. The maximum absolute atomic E-state index is 13.9. The number of halogens is 3. The number of nitrogens with zero attached hydrogens (tertiary/aromatic N) is 3. The number of para-hydroxylation sites is 1. The number of fused-ring (bicyclic) bond motifs is 1. The maximum atomic E-state index is 13.9. The fraction of sp³-hybridized carbons (Fsp3) is 0.200. The van der Waals surface area contributed by atoms with Crippen molar-refractivity contribution in [3.05, 3.63) is 77.7 Å². The van der Waals surface area contributed by atoms with Gasteiger partial charge in [0.15, 0.2) is 5.71 Å². The minimum Gasteiger partial charge on any atom is -0.452 e. The van der Waals surface area contributed by atoms with Crippen LogP contribution < -0.4 is 10.7 Å². The molecule has 0 radical (unpaired) electrons. The van der Waals surface area contributed by atoms with Crippen LogP contribution >= 0.6 is 0 Å². The van der Waals surface area contributed by atoms with Crippen LogP contribution in [0.4, 0.5) is 18.9 Å². The van der Waals surface area contributed by atoms with E-state index < -0.39 is 30.0 Å². The second-order valence-electron chi connectivity index (χ2n) is 6.48. The molecule has 2 aliphatic rings. The number of alkyl halides is 3. The number of hydrogen-bond donors (Lipinski definition) is 1. The second kappa shape index (κ2) is 6.60. The molecule has 28 heavy (non-hydrogen) atoms. The Morgan fingerprint density at radius 2 is 1.64 bits per heavy atom. The average Bonchev–Trinajstić information content (AvgIpc) is 3.07. The first-order chi connectivity index (χ1) is 13.4. The summed E-state index contributed by atoms with van der Waals surface area (Å²) >= 11 is 0. The van der Waals surface area contributed by atoms with Crippen molar-refractivity contribution in [3.63, 3.8) is 0 Å². The normalized spacial score (nSPS) is 24.3. The first-order valence-corrected chi connectivity index (χ1v) is 8.53. The van der Waals surface area contributed by atoms with Crippen LogP contribution in [0.5, 0.6) is 0 Å². The van der Waals surface area contributed by atoms with Gasteiger partial charge in [0, 0.05) is 5.92 Å². The van der Waals surface area contributed by atoms with Gasteiger partial charge in [0.25, 0.3) is 0 Å². The summed E-state index contributed by atoms with van der Waals surface area (Å²) in [4.78, 5) is 0. The Hall–Kier alpha value is -3.47. The largest absolute Gasteiger partial charge is 0.452 e. The Labute approximate surface area is 159 Å². The van der Waals surface area contributed by atoms with Gasteiger partial charge in [-0.05, 0) is 17.7 Å². The fourth-order valence-electron chi connectivity index (χ4n) is 3.69. The van der Waals surface area contributed by atoms with E-state index in [1.807, 2.05) is 6.07 Å². The number of benzene rings is 2. The van der Waals surface area contributed by atoms with Gasteiger partial charge in [0.2, 0.25) is 12.1 Å². The van der Waals surface area contributed by atoms with Crippen molar-refractivity contribution < 1.29 is 17.9 Å². The lowest BCUT2D eigenvalue weighted by atomic mass is 9.76. The van der Waals surface area contributed by atoms with Crippen molar-refractivity contribution in [1.29, 1.82) is 5.26 Å². The summed E-state index contributed by atoms with van der Waals surface area (Å²) in [5, 5.41) is 14.6. The molecule has 0 spiro atoms. The molecule has 8 heteroatoms. The topological polar surface area (TPSA) is 74.6 Å². The van der Waals surface area contributed by atoms with E-state index in [0.717, 1.165) is 0 Å². The Morgan fingerprint density at radius 3 is 2.21 bits per heavy atom. The van der Waals surface area contributed by atoms with Gasteiger partial charge in [0.05, 0.1) is 17.2 Å². The molecule has 0 bridgehead atoms. The Morgan fingerprint density at radius 1 is 1.04 bits per heavy atom. The Bertz CT molecular complexity index is 980. The quantitative estimate of drug-likeness (QED) is 0.853. The van der Waals surface area contributed by atoms with Crippen LogP contribution in [0, 0.1) is 17.2 Å². The molecule has 0 aromatic heterocycles. The third-order valence-corrected chi connectivity index (χ3v) is 4.85. The summed E-state index contributed by atoms with van der Waals surface area (Å²) in [7, 11) is 0. The van der Waals surface area contributed by atoms with Crippen LogP contribution in [0.1, 0.15) is 11.5 Å². The van der Waals surface area contributed by atoms with Crippen LogP contribution in [0.25, 0.3) is 0 Å². The highest BCUT2D eigenvalue weighted by Gasteiger charge is 2.57. The zero-order chi connectivity index (χ0) is 19.9. The van der Waals surface area contributed by atoms with Crippen LogP contribution in [0.2, 0.25) is 0 Å². The summed E-state index contributed by atoms with van der Waals surface area (Å²) < 4.78 is 47.3. The number of rotatable bonds is 2. The van der Waals surface area contributed by atoms with Crippen LogP contribution in [0.3, 0.4) is 0 Å². The molecule has 2 aromatic carbocycles. The molecule has 0 unspecified atom stereocenters. The zero-order valence-corrected chi connectivity index (χ0v) is 14.5. The van der Waals surface area contributed by atoms with Gasteiger partial charge >= 0.3 is 6.18 Å². The summed E-state index contributed by atoms with van der Waals surface area (Å²) in [5.74, 6) is -2.33. The molecule has 0 saturated heterocycles. The van der Waals surface area contributed by atoms with Gasteiger partial charge in [0.1, 0.15) is 6.07 Å². The lowest BCUT2D eigenvalue weighted by Crippen LogP contribution is -2.46. The van der Waals surface area contributed by atoms with E-state index in [4.69, 9.17) is 10.5 Å². The number of hydrogen-bond acceptors (Lipinski definition) is 5. The van der Waals surface area contributed by atoms with Gasteiger partial charge in [-0.3, -0.25) is 0 Å². The van der Waals surface area contributed by atoms with E-state index in [0.29, 0.717) is 11.3 Å². The van der Waals surface area contributed by atoms with Crippen molar-refractivity contribution in [1.82, 2.24) is 0 Å². The molecule has 0 aliphatic carbocycles. The Balaban J connectivity index is 1.90. The van der Waals surface area contributed by atoms with E-state index in [2.05, 4.69) is 5.10 Å². The first-order valence-electron chi connectivity index (χ1n) is 8.53. The highest BCUT2D eigenvalue weighted by atomic mass is 19.4. The van der Waals surface area contributed by atoms with Crippen molar-refractivity contribution in [2.75, 3.05) is 5.01 Å². The number of anilines is 1. The molecule has 3 atom stereocenters. The summed E-state index contributed by atoms with van der Waals surface area (Å²) in [6.45, 7) is 0. The maximum Gasteiger partial charge on any atom is 0.431 e. The number of ether oxygens (including phenoxy) is 1. The molecular formula is C20H15F3N4O. The van der Waals surface area contributed by atoms with E-state index in [1.165, 1.54) is 5.01 Å². The SMILES string of the molecule is N#CC1=C(N)O[C@H]2[C@@H](C(C(F)(F)F)=NN2c2ccccc2)[C@@H]1c1ccccc1. The molecule has 2 aromatic rings. The number of nitriles is 1. The van der Waals surface area contributed by atoms with E-state index in [-0.39, 0.29) is 11.5 Å². The molecule has 142 valence electrons. The van der Waals surface area contributed by atoms with Crippen LogP contribution in [-0.4, -0.2) is 18.1 Å². The molecule has 2 heterocycles. The third kappa shape index (κ3) is 2.85. The van der Waals surface area contributed by atoms with Crippen molar-refractivity contribution in [3.8, 4) is 6.07 Å². The number of nitrogens with two attached hydrogens (primary N) is 1. The van der Waals surface area contributed by atoms with Crippen LogP contribution in [0.15, 0.2) is 77.2 Å². The number of allylic oxidation sites excluding steroid dienone is 1. The standard InChI is InChI=1S/C20H15F3N4O/c21-20(22,23)17-16-15(12-7-3-1-4-8-12)14(11-24)18(25)28-19(16)27(26-17)13-9-5-2-6-10-13/h1-10,15-16,19H,25H2/t15-,16-,19+/m1/s1. The highest BCUT2D eigenvalue weighted by Crippen LogP contribution is 2.48. The zero-order valence-electron chi connectivity index (χ0n) is 14.5. The number of hydrazone groups is 1. The van der Waals surface area contributed by atoms with Gasteiger partial charge in [-0.2, -0.15) is 23.5 Å². The van der Waals surface area contributed by atoms with Crippen molar-refractivity contribution >= 4 is 11.4 Å². The smallest absolute Gasteiger partial charge is 0.431 e.